The van der Waals surface area contributed by atoms with Gasteiger partial charge in [-0.2, -0.15) is 13.2 Å². The van der Waals surface area contributed by atoms with Crippen molar-refractivity contribution in [2.24, 2.45) is 7.05 Å². The number of aromatic nitrogens is 2. The highest BCUT2D eigenvalue weighted by atomic mass is 19.4. The molecule has 1 atom stereocenters. The van der Waals surface area contributed by atoms with Crippen LogP contribution < -0.4 is 5.32 Å². The van der Waals surface area contributed by atoms with Gasteiger partial charge >= 0.3 is 6.18 Å². The minimum Gasteiger partial charge on any atom is -0.374 e. The molecule has 0 saturated carbocycles. The number of nitrogens with one attached hydrogen (secondary N) is 1. The van der Waals surface area contributed by atoms with Gasteiger partial charge in [0, 0.05) is 32.4 Å². The number of aryl methyl sites for hydroxylation is 1. The fourth-order valence-corrected chi connectivity index (χ4v) is 1.71. The fourth-order valence-electron chi connectivity index (χ4n) is 1.71. The Morgan fingerprint density at radius 2 is 1.95 bits per heavy atom. The number of alkyl halides is 4. The van der Waals surface area contributed by atoms with E-state index in [1.165, 1.54) is 13.2 Å². The first-order valence-electron chi connectivity index (χ1n) is 6.13. The van der Waals surface area contributed by atoms with Crippen LogP contribution in [-0.4, -0.2) is 39.0 Å². The molecule has 5 nitrogen and oxygen atoms in total. The summed E-state index contributed by atoms with van der Waals surface area (Å²) in [7, 11) is 1.31. The molecule has 1 heterocycles. The Hall–Kier alpha value is -1.64. The first-order valence-corrected chi connectivity index (χ1v) is 6.13. The third-order valence-corrected chi connectivity index (χ3v) is 2.97. The van der Waals surface area contributed by atoms with Gasteiger partial charge in [-0.15, -0.1) is 0 Å². The van der Waals surface area contributed by atoms with E-state index >= 15 is 0 Å². The standard InChI is InChI=1S/C12H17F4N3O2/c1-10(2,13)9(20)18-5-4-11(21,12(14,15)16)8-17-6-7-19(8)3/h6-7,21H,4-5H2,1-3H3,(H,18,20). The van der Waals surface area contributed by atoms with E-state index in [1.807, 2.05) is 5.32 Å². The molecule has 0 aliphatic carbocycles. The molecule has 9 heteroatoms. The third-order valence-electron chi connectivity index (χ3n) is 2.97. The number of hydrogen-bond donors (Lipinski definition) is 2. The van der Waals surface area contributed by atoms with Crippen LogP contribution in [0.3, 0.4) is 0 Å². The highest BCUT2D eigenvalue weighted by molar-refractivity contribution is 5.83. The van der Waals surface area contributed by atoms with Gasteiger partial charge in [-0.25, -0.2) is 9.37 Å². The van der Waals surface area contributed by atoms with E-state index in [1.54, 1.807) is 0 Å². The lowest BCUT2D eigenvalue weighted by molar-refractivity contribution is -0.272. The Labute approximate surface area is 119 Å². The number of hydrogen-bond acceptors (Lipinski definition) is 3. The lowest BCUT2D eigenvalue weighted by atomic mass is 9.97. The van der Waals surface area contributed by atoms with Crippen LogP contribution in [0.4, 0.5) is 17.6 Å². The number of imidazole rings is 1. The molecule has 0 aliphatic rings. The zero-order valence-electron chi connectivity index (χ0n) is 11.8. The average Bonchev–Trinajstić information content (AvgIpc) is 2.72. The molecule has 0 aliphatic heterocycles. The molecule has 0 saturated heterocycles. The first kappa shape index (κ1) is 17.4. The van der Waals surface area contributed by atoms with E-state index in [9.17, 15) is 27.5 Å². The number of carbonyl (C=O) groups is 1. The molecule has 1 aromatic rings. The maximum absolute atomic E-state index is 13.3. The minimum atomic E-state index is -4.98. The molecule has 0 spiro atoms. The smallest absolute Gasteiger partial charge is 0.374 e. The zero-order chi connectivity index (χ0) is 16.5. The second-order valence-electron chi connectivity index (χ2n) is 5.20. The summed E-state index contributed by atoms with van der Waals surface area (Å²) in [5, 5.41) is 12.0. The summed E-state index contributed by atoms with van der Waals surface area (Å²) in [5.74, 6) is -1.64. The van der Waals surface area contributed by atoms with E-state index < -0.39 is 42.1 Å². The van der Waals surface area contributed by atoms with Crippen molar-refractivity contribution >= 4 is 5.91 Å². The summed E-state index contributed by atoms with van der Waals surface area (Å²) in [4.78, 5) is 14.8. The summed E-state index contributed by atoms with van der Waals surface area (Å²) in [5.41, 5.74) is -5.43. The predicted octanol–water partition coefficient (Wildman–Crippen LogP) is 1.42. The minimum absolute atomic E-state index is 0.547. The lowest BCUT2D eigenvalue weighted by Gasteiger charge is -2.30. The van der Waals surface area contributed by atoms with Crippen molar-refractivity contribution in [3.05, 3.63) is 18.2 Å². The van der Waals surface area contributed by atoms with E-state index in [4.69, 9.17) is 0 Å². The predicted molar refractivity (Wildman–Crippen MR) is 66.0 cm³/mol. The second-order valence-corrected chi connectivity index (χ2v) is 5.20. The van der Waals surface area contributed by atoms with Gasteiger partial charge < -0.3 is 15.0 Å². The fraction of sp³-hybridized carbons (Fsp3) is 0.667. The van der Waals surface area contributed by atoms with Crippen LogP contribution in [0.1, 0.15) is 26.1 Å². The molecule has 0 fully saturated rings. The number of amides is 1. The van der Waals surface area contributed by atoms with Gasteiger partial charge in [0.05, 0.1) is 0 Å². The summed E-state index contributed by atoms with van der Waals surface area (Å²) in [6, 6.07) is 0. The molecule has 1 amide bonds. The molecule has 1 unspecified atom stereocenters. The molecule has 1 aromatic heterocycles. The largest absolute Gasteiger partial charge is 0.424 e. The Kier molecular flexibility index (Phi) is 4.66. The third kappa shape index (κ3) is 3.72. The maximum Gasteiger partial charge on any atom is 0.424 e. The Morgan fingerprint density at radius 1 is 1.38 bits per heavy atom. The van der Waals surface area contributed by atoms with E-state index in [2.05, 4.69) is 4.98 Å². The Bertz CT molecular complexity index is 507. The van der Waals surface area contributed by atoms with Gasteiger partial charge in [0.2, 0.25) is 5.60 Å². The first-order chi connectivity index (χ1) is 9.39. The number of carbonyl (C=O) groups excluding carboxylic acids is 1. The molecular weight excluding hydrogens is 294 g/mol. The summed E-state index contributed by atoms with van der Waals surface area (Å²) >= 11 is 0. The van der Waals surface area contributed by atoms with Crippen LogP contribution in [0.5, 0.6) is 0 Å². The van der Waals surface area contributed by atoms with Gasteiger partial charge in [-0.05, 0) is 13.8 Å². The topological polar surface area (TPSA) is 67.2 Å². The quantitative estimate of drug-likeness (QED) is 0.808. The second kappa shape index (κ2) is 5.63. The Balaban J connectivity index is 2.88. The van der Waals surface area contributed by atoms with Gasteiger partial charge in [0.1, 0.15) is 5.82 Å². The summed E-state index contributed by atoms with van der Waals surface area (Å²) in [6.45, 7) is 1.42. The summed E-state index contributed by atoms with van der Waals surface area (Å²) < 4.78 is 53.6. The van der Waals surface area contributed by atoms with Crippen molar-refractivity contribution in [3.63, 3.8) is 0 Å². The average molecular weight is 311 g/mol. The van der Waals surface area contributed by atoms with Crippen molar-refractivity contribution in [3.8, 4) is 0 Å². The molecule has 1 rings (SSSR count). The highest BCUT2D eigenvalue weighted by Crippen LogP contribution is 2.40. The van der Waals surface area contributed by atoms with Crippen molar-refractivity contribution in [1.29, 1.82) is 0 Å². The normalized spacial score (nSPS) is 15.6. The van der Waals surface area contributed by atoms with Gasteiger partial charge in [0.25, 0.3) is 5.91 Å². The van der Waals surface area contributed by atoms with Crippen LogP contribution in [0.2, 0.25) is 0 Å². The van der Waals surface area contributed by atoms with E-state index in [-0.39, 0.29) is 0 Å². The van der Waals surface area contributed by atoms with E-state index in [0.29, 0.717) is 0 Å². The molecule has 0 aromatic carbocycles. The summed E-state index contributed by atoms with van der Waals surface area (Å²) in [6.07, 6.45) is -3.48. The van der Waals surface area contributed by atoms with Gasteiger partial charge in [-0.3, -0.25) is 4.79 Å². The van der Waals surface area contributed by atoms with Crippen molar-refractivity contribution in [1.82, 2.24) is 14.9 Å². The van der Waals surface area contributed by atoms with E-state index in [0.717, 1.165) is 24.6 Å². The van der Waals surface area contributed by atoms with Crippen LogP contribution in [0, 0.1) is 0 Å². The van der Waals surface area contributed by atoms with Gasteiger partial charge in [0.15, 0.2) is 5.67 Å². The number of halogens is 4. The maximum atomic E-state index is 13.3. The SMILES string of the molecule is Cn1ccnc1C(O)(CCNC(=O)C(C)(C)F)C(F)(F)F. The van der Waals surface area contributed by atoms with Crippen LogP contribution in [0.15, 0.2) is 12.4 Å². The zero-order valence-corrected chi connectivity index (χ0v) is 11.8. The number of aliphatic hydroxyl groups is 1. The van der Waals surface area contributed by atoms with Crippen molar-refractivity contribution in [2.75, 3.05) is 6.54 Å². The molecule has 21 heavy (non-hydrogen) atoms. The number of nitrogens with zero attached hydrogens (tertiary/aromatic N) is 2. The van der Waals surface area contributed by atoms with Crippen molar-refractivity contribution < 1.29 is 27.5 Å². The van der Waals surface area contributed by atoms with Crippen LogP contribution >= 0.6 is 0 Å². The highest BCUT2D eigenvalue weighted by Gasteiger charge is 2.57. The van der Waals surface area contributed by atoms with Crippen LogP contribution in [0.25, 0.3) is 0 Å². The van der Waals surface area contributed by atoms with Gasteiger partial charge in [-0.1, -0.05) is 0 Å². The van der Waals surface area contributed by atoms with Crippen molar-refractivity contribution in [2.45, 2.75) is 37.7 Å². The molecule has 120 valence electrons. The lowest BCUT2D eigenvalue weighted by Crippen LogP contribution is -2.48. The van der Waals surface area contributed by atoms with Crippen LogP contribution in [-0.2, 0) is 17.4 Å². The number of rotatable bonds is 5. The monoisotopic (exact) mass is 311 g/mol. The Morgan fingerprint density at radius 3 is 2.33 bits per heavy atom. The molecule has 2 N–H and O–H groups in total. The molecular formula is C12H17F4N3O2. The molecule has 0 bridgehead atoms. The molecule has 0 radical (unpaired) electrons.